The van der Waals surface area contributed by atoms with Crippen molar-refractivity contribution in [2.24, 2.45) is 0 Å². The maximum atomic E-state index is 7.62. The van der Waals surface area contributed by atoms with E-state index in [2.05, 4.69) is 0 Å². The minimum Gasteiger partial charge on any atom is -0.394 e. The van der Waals surface area contributed by atoms with Crippen LogP contribution in [0.15, 0.2) is 0 Å². The van der Waals surface area contributed by atoms with Crippen molar-refractivity contribution in [3.63, 3.8) is 0 Å². The molecule has 4 N–H and O–H groups in total. The summed E-state index contributed by atoms with van der Waals surface area (Å²) in [5.41, 5.74) is 0. The number of rotatable bonds is 2. The van der Waals surface area contributed by atoms with Crippen LogP contribution in [0.2, 0.25) is 0 Å². The van der Waals surface area contributed by atoms with Crippen LogP contribution in [0.3, 0.4) is 0 Å². The SMILES string of the molecule is I.I.OCCO.OCCO. The molecule has 0 aromatic heterocycles. The molecule has 0 heterocycles. The van der Waals surface area contributed by atoms with Crippen LogP contribution in [0, 0.1) is 0 Å². The smallest absolute Gasteiger partial charge is 0.0662 e. The van der Waals surface area contributed by atoms with Gasteiger partial charge in [-0.2, -0.15) is 0 Å². The Bertz CT molecular complexity index is 23.2. The Morgan fingerprint density at radius 1 is 0.500 bits per heavy atom. The third-order valence-corrected chi connectivity index (χ3v) is 0.200. The highest BCUT2D eigenvalue weighted by atomic mass is 127. The van der Waals surface area contributed by atoms with Gasteiger partial charge >= 0.3 is 0 Å². The molecule has 0 saturated heterocycles. The van der Waals surface area contributed by atoms with E-state index in [1.807, 2.05) is 0 Å². The zero-order valence-corrected chi connectivity index (χ0v) is 10.1. The summed E-state index contributed by atoms with van der Waals surface area (Å²) >= 11 is 0. The molecule has 0 amide bonds. The van der Waals surface area contributed by atoms with Gasteiger partial charge in [0.2, 0.25) is 0 Å². The molecule has 0 aromatic rings. The molecule has 4 nitrogen and oxygen atoms in total. The molecule has 0 unspecified atom stereocenters. The summed E-state index contributed by atoms with van der Waals surface area (Å²) in [6, 6.07) is 0. The highest BCUT2D eigenvalue weighted by Gasteiger charge is 1.58. The van der Waals surface area contributed by atoms with Crippen LogP contribution in [0.1, 0.15) is 0 Å². The monoisotopic (exact) mass is 380 g/mol. The molecule has 6 heteroatoms. The van der Waals surface area contributed by atoms with E-state index >= 15 is 0 Å². The Kier molecular flexibility index (Phi) is 71.3. The van der Waals surface area contributed by atoms with Gasteiger partial charge in [-0.3, -0.25) is 0 Å². The second-order valence-electron chi connectivity index (χ2n) is 0.894. The fourth-order valence-corrected chi connectivity index (χ4v) is 0. The third-order valence-electron chi connectivity index (χ3n) is 0.200. The maximum Gasteiger partial charge on any atom is 0.0662 e. The topological polar surface area (TPSA) is 80.9 Å². The van der Waals surface area contributed by atoms with Crippen LogP contribution in [0.5, 0.6) is 0 Å². The zero-order valence-electron chi connectivity index (χ0n) is 5.43. The van der Waals surface area contributed by atoms with Gasteiger partial charge in [-0.1, -0.05) is 0 Å². The molecular weight excluding hydrogens is 366 g/mol. The highest BCUT2D eigenvalue weighted by Crippen LogP contribution is 1.40. The van der Waals surface area contributed by atoms with Gasteiger partial charge in [-0.15, -0.1) is 48.0 Å². The Morgan fingerprint density at radius 3 is 0.600 bits per heavy atom. The standard InChI is InChI=1S/2C2H6O2.2HI/c2*3-1-2-4;;/h2*3-4H,1-2H2;2*1H. The lowest BCUT2D eigenvalue weighted by Gasteiger charge is -1.70. The van der Waals surface area contributed by atoms with Crippen LogP contribution < -0.4 is 0 Å². The average molecular weight is 380 g/mol. The van der Waals surface area contributed by atoms with E-state index in [1.165, 1.54) is 0 Å². The molecule has 0 aliphatic heterocycles. The van der Waals surface area contributed by atoms with Gasteiger partial charge in [0.15, 0.2) is 0 Å². The summed E-state index contributed by atoms with van der Waals surface area (Å²) in [7, 11) is 0. The van der Waals surface area contributed by atoms with Crippen molar-refractivity contribution in [3.05, 3.63) is 0 Å². The van der Waals surface area contributed by atoms with Crippen LogP contribution in [0.25, 0.3) is 0 Å². The number of hydrogen-bond acceptors (Lipinski definition) is 4. The van der Waals surface area contributed by atoms with Crippen LogP contribution in [-0.4, -0.2) is 46.9 Å². The molecule has 0 aliphatic carbocycles. The molecule has 10 heavy (non-hydrogen) atoms. The Labute approximate surface area is 94.3 Å². The summed E-state index contributed by atoms with van der Waals surface area (Å²) in [4.78, 5) is 0. The third kappa shape index (κ3) is 58.8. The van der Waals surface area contributed by atoms with E-state index in [-0.39, 0.29) is 74.4 Å². The van der Waals surface area contributed by atoms with Crippen LogP contribution in [-0.2, 0) is 0 Å². The number of aliphatic hydroxyl groups is 4. The summed E-state index contributed by atoms with van der Waals surface area (Å²) in [6.45, 7) is -0.500. The largest absolute Gasteiger partial charge is 0.394 e. The fraction of sp³-hybridized carbons (Fsp3) is 1.00. The molecule has 0 rings (SSSR count). The minimum absolute atomic E-state index is 0. The summed E-state index contributed by atoms with van der Waals surface area (Å²) in [5.74, 6) is 0. The van der Waals surface area contributed by atoms with Gasteiger partial charge in [0.1, 0.15) is 0 Å². The molecule has 0 bridgehead atoms. The molecule has 0 spiro atoms. The lowest BCUT2D eigenvalue weighted by Crippen LogP contribution is -1.85. The van der Waals surface area contributed by atoms with Gasteiger partial charge in [0, 0.05) is 0 Å². The molecule has 0 aromatic carbocycles. The highest BCUT2D eigenvalue weighted by molar-refractivity contribution is 14.0. The molecule has 0 atom stereocenters. The van der Waals surface area contributed by atoms with Gasteiger partial charge < -0.3 is 20.4 Å². The second kappa shape index (κ2) is 31.7. The van der Waals surface area contributed by atoms with Gasteiger partial charge in [-0.25, -0.2) is 0 Å². The van der Waals surface area contributed by atoms with Crippen molar-refractivity contribution in [2.75, 3.05) is 26.4 Å². The van der Waals surface area contributed by atoms with E-state index in [0.717, 1.165) is 0 Å². The van der Waals surface area contributed by atoms with Crippen LogP contribution >= 0.6 is 48.0 Å². The molecular formula is C4H14I2O4. The van der Waals surface area contributed by atoms with Crippen molar-refractivity contribution >= 4 is 48.0 Å². The molecule has 68 valence electrons. The van der Waals surface area contributed by atoms with Crippen molar-refractivity contribution in [1.82, 2.24) is 0 Å². The Morgan fingerprint density at radius 2 is 0.600 bits per heavy atom. The van der Waals surface area contributed by atoms with Gasteiger partial charge in [0.05, 0.1) is 26.4 Å². The minimum atomic E-state index is -0.125. The molecule has 0 aliphatic rings. The normalized spacial score (nSPS) is 6.00. The first-order valence-electron chi connectivity index (χ1n) is 2.26. The first-order valence-corrected chi connectivity index (χ1v) is 2.26. The van der Waals surface area contributed by atoms with E-state index in [9.17, 15) is 0 Å². The van der Waals surface area contributed by atoms with Crippen molar-refractivity contribution in [3.8, 4) is 0 Å². The maximum absolute atomic E-state index is 7.62. The summed E-state index contributed by atoms with van der Waals surface area (Å²) in [6.07, 6.45) is 0. The van der Waals surface area contributed by atoms with Gasteiger partial charge in [-0.05, 0) is 0 Å². The van der Waals surface area contributed by atoms with Crippen molar-refractivity contribution in [2.45, 2.75) is 0 Å². The van der Waals surface area contributed by atoms with Crippen molar-refractivity contribution < 1.29 is 20.4 Å². The van der Waals surface area contributed by atoms with Gasteiger partial charge in [0.25, 0.3) is 0 Å². The molecule has 0 fully saturated rings. The molecule has 0 saturated carbocycles. The second-order valence-corrected chi connectivity index (χ2v) is 0.894. The first-order chi connectivity index (χ1) is 3.83. The van der Waals surface area contributed by atoms with E-state index in [0.29, 0.717) is 0 Å². The number of halogens is 2. The number of aliphatic hydroxyl groups excluding tert-OH is 4. The van der Waals surface area contributed by atoms with Crippen molar-refractivity contribution in [1.29, 1.82) is 0 Å². The Balaban J connectivity index is -0.0000000300. The lowest BCUT2D eigenvalue weighted by molar-refractivity contribution is 0.186. The van der Waals surface area contributed by atoms with E-state index in [4.69, 9.17) is 20.4 Å². The fourth-order valence-electron chi connectivity index (χ4n) is 0. The average Bonchev–Trinajstić information content (AvgIpc) is 1.88. The predicted octanol–water partition coefficient (Wildman–Crippen LogP) is -0.822. The molecule has 0 radical (unpaired) electrons. The summed E-state index contributed by atoms with van der Waals surface area (Å²) in [5, 5.41) is 30.5. The first kappa shape index (κ1) is 22.5. The quantitative estimate of drug-likeness (QED) is 0.472. The zero-order chi connectivity index (χ0) is 6.83. The Hall–Kier alpha value is 1.30. The summed E-state index contributed by atoms with van der Waals surface area (Å²) < 4.78 is 0. The lowest BCUT2D eigenvalue weighted by atomic mass is 10.8. The predicted molar refractivity (Wildman–Crippen MR) is 59.2 cm³/mol. The number of hydrogen-bond donors (Lipinski definition) is 4. The van der Waals surface area contributed by atoms with E-state index in [1.54, 1.807) is 0 Å². The van der Waals surface area contributed by atoms with Crippen LogP contribution in [0.4, 0.5) is 0 Å². The van der Waals surface area contributed by atoms with E-state index < -0.39 is 0 Å².